The van der Waals surface area contributed by atoms with Crippen LogP contribution in [0.1, 0.15) is 34.1 Å². The van der Waals surface area contributed by atoms with Crippen molar-refractivity contribution >= 4 is 5.91 Å². The fourth-order valence-corrected chi connectivity index (χ4v) is 0.949. The SMILES string of the molecule is CC#CCCNCC(=O)NC(C)C(C)C. The molecule has 0 spiro atoms. The van der Waals surface area contributed by atoms with E-state index in [4.69, 9.17) is 0 Å². The molecule has 86 valence electrons. The zero-order valence-electron chi connectivity index (χ0n) is 10.2. The second-order valence-electron chi connectivity index (χ2n) is 3.95. The van der Waals surface area contributed by atoms with Gasteiger partial charge in [-0.2, -0.15) is 0 Å². The van der Waals surface area contributed by atoms with Gasteiger partial charge in [0, 0.05) is 19.0 Å². The Morgan fingerprint density at radius 1 is 1.33 bits per heavy atom. The first kappa shape index (κ1) is 14.0. The molecule has 3 nitrogen and oxygen atoms in total. The van der Waals surface area contributed by atoms with Gasteiger partial charge in [-0.25, -0.2) is 0 Å². The van der Waals surface area contributed by atoms with Gasteiger partial charge in [-0.1, -0.05) is 13.8 Å². The van der Waals surface area contributed by atoms with Crippen LogP contribution in [-0.4, -0.2) is 25.0 Å². The Morgan fingerprint density at radius 3 is 2.53 bits per heavy atom. The van der Waals surface area contributed by atoms with Gasteiger partial charge in [-0.3, -0.25) is 4.79 Å². The third-order valence-electron chi connectivity index (χ3n) is 2.28. The summed E-state index contributed by atoms with van der Waals surface area (Å²) in [5.74, 6) is 6.28. The number of hydrogen-bond acceptors (Lipinski definition) is 2. The lowest BCUT2D eigenvalue weighted by atomic mass is 10.1. The average Bonchev–Trinajstić information content (AvgIpc) is 2.17. The summed E-state index contributed by atoms with van der Waals surface area (Å²) in [5, 5.41) is 5.98. The van der Waals surface area contributed by atoms with Gasteiger partial charge in [-0.15, -0.1) is 11.8 Å². The van der Waals surface area contributed by atoms with E-state index in [2.05, 4.69) is 36.3 Å². The van der Waals surface area contributed by atoms with Gasteiger partial charge in [0.05, 0.1) is 6.54 Å². The number of amides is 1. The molecule has 0 aromatic rings. The molecule has 0 bridgehead atoms. The summed E-state index contributed by atoms with van der Waals surface area (Å²) in [4.78, 5) is 11.4. The molecular weight excluding hydrogens is 188 g/mol. The van der Waals surface area contributed by atoms with Crippen molar-refractivity contribution in [2.45, 2.75) is 40.2 Å². The molecule has 1 unspecified atom stereocenters. The maximum absolute atomic E-state index is 11.4. The van der Waals surface area contributed by atoms with E-state index in [9.17, 15) is 4.79 Å². The lowest BCUT2D eigenvalue weighted by molar-refractivity contribution is -0.121. The van der Waals surface area contributed by atoms with E-state index in [0.29, 0.717) is 12.5 Å². The maximum Gasteiger partial charge on any atom is 0.234 e. The number of carbonyl (C=O) groups excluding carboxylic acids is 1. The predicted octanol–water partition coefficient (Wildman–Crippen LogP) is 1.15. The molecule has 0 saturated carbocycles. The monoisotopic (exact) mass is 210 g/mol. The summed E-state index contributed by atoms with van der Waals surface area (Å²) in [6.07, 6.45) is 0.795. The smallest absolute Gasteiger partial charge is 0.234 e. The maximum atomic E-state index is 11.4. The van der Waals surface area contributed by atoms with Crippen LogP contribution in [0.5, 0.6) is 0 Å². The summed E-state index contributed by atoms with van der Waals surface area (Å²) in [6, 6.07) is 0.231. The average molecular weight is 210 g/mol. The van der Waals surface area contributed by atoms with E-state index in [0.717, 1.165) is 13.0 Å². The van der Waals surface area contributed by atoms with Crippen molar-refractivity contribution in [2.75, 3.05) is 13.1 Å². The molecule has 1 atom stereocenters. The first-order valence-corrected chi connectivity index (χ1v) is 5.47. The fourth-order valence-electron chi connectivity index (χ4n) is 0.949. The Kier molecular flexibility index (Phi) is 7.75. The van der Waals surface area contributed by atoms with Gasteiger partial charge in [0.15, 0.2) is 0 Å². The molecule has 0 heterocycles. The summed E-state index contributed by atoms with van der Waals surface area (Å²) in [6.45, 7) is 9.17. The van der Waals surface area contributed by atoms with Crippen molar-refractivity contribution in [3.8, 4) is 11.8 Å². The molecule has 0 saturated heterocycles. The number of hydrogen-bond donors (Lipinski definition) is 2. The molecule has 0 aliphatic rings. The van der Waals surface area contributed by atoms with Gasteiger partial charge < -0.3 is 10.6 Å². The summed E-state index contributed by atoms with van der Waals surface area (Å²) in [7, 11) is 0. The highest BCUT2D eigenvalue weighted by atomic mass is 16.1. The number of rotatable bonds is 6. The molecule has 0 aromatic carbocycles. The van der Waals surface area contributed by atoms with Gasteiger partial charge in [0.25, 0.3) is 0 Å². The second-order valence-corrected chi connectivity index (χ2v) is 3.95. The van der Waals surface area contributed by atoms with Crippen LogP contribution < -0.4 is 10.6 Å². The van der Waals surface area contributed by atoms with Crippen LogP contribution in [0.3, 0.4) is 0 Å². The highest BCUT2D eigenvalue weighted by Gasteiger charge is 2.09. The molecule has 0 aliphatic heterocycles. The molecule has 3 heteroatoms. The lowest BCUT2D eigenvalue weighted by Crippen LogP contribution is -2.41. The molecule has 0 aliphatic carbocycles. The minimum absolute atomic E-state index is 0.0562. The molecule has 0 radical (unpaired) electrons. The van der Waals surface area contributed by atoms with Crippen molar-refractivity contribution in [2.24, 2.45) is 5.92 Å². The van der Waals surface area contributed by atoms with Crippen LogP contribution in [0.15, 0.2) is 0 Å². The first-order valence-electron chi connectivity index (χ1n) is 5.47. The van der Waals surface area contributed by atoms with Crippen molar-refractivity contribution in [1.29, 1.82) is 0 Å². The van der Waals surface area contributed by atoms with E-state index in [1.165, 1.54) is 0 Å². The standard InChI is InChI=1S/C12H22N2O/c1-5-6-7-8-13-9-12(15)14-11(4)10(2)3/h10-11,13H,7-9H2,1-4H3,(H,14,15). The first-order chi connectivity index (χ1) is 7.07. The van der Waals surface area contributed by atoms with Crippen LogP contribution in [-0.2, 0) is 4.79 Å². The fraction of sp³-hybridized carbons (Fsp3) is 0.750. The van der Waals surface area contributed by atoms with Crippen LogP contribution in [0.2, 0.25) is 0 Å². The van der Waals surface area contributed by atoms with Crippen molar-refractivity contribution in [3.05, 3.63) is 0 Å². The molecule has 2 N–H and O–H groups in total. The predicted molar refractivity (Wildman–Crippen MR) is 63.4 cm³/mol. The number of carbonyl (C=O) groups is 1. The Hall–Kier alpha value is -1.01. The Bertz CT molecular complexity index is 238. The Morgan fingerprint density at radius 2 is 2.00 bits per heavy atom. The van der Waals surface area contributed by atoms with E-state index in [1.807, 2.05) is 13.8 Å². The Labute approximate surface area is 93.0 Å². The second kappa shape index (κ2) is 8.31. The largest absolute Gasteiger partial charge is 0.352 e. The third kappa shape index (κ3) is 8.02. The molecule has 0 aromatic heterocycles. The summed E-state index contributed by atoms with van der Waals surface area (Å²) >= 11 is 0. The zero-order valence-corrected chi connectivity index (χ0v) is 10.2. The van der Waals surface area contributed by atoms with E-state index >= 15 is 0 Å². The zero-order chi connectivity index (χ0) is 11.7. The highest BCUT2D eigenvalue weighted by Crippen LogP contribution is 1.98. The summed E-state index contributed by atoms with van der Waals surface area (Å²) < 4.78 is 0. The highest BCUT2D eigenvalue weighted by molar-refractivity contribution is 5.78. The van der Waals surface area contributed by atoms with E-state index in [1.54, 1.807) is 0 Å². The molecule has 15 heavy (non-hydrogen) atoms. The molecule has 0 rings (SSSR count). The molecule has 1 amide bonds. The quantitative estimate of drug-likeness (QED) is 0.510. The summed E-state index contributed by atoms with van der Waals surface area (Å²) in [5.41, 5.74) is 0. The van der Waals surface area contributed by atoms with Gasteiger partial charge in [0.1, 0.15) is 0 Å². The van der Waals surface area contributed by atoms with Crippen molar-refractivity contribution in [3.63, 3.8) is 0 Å². The van der Waals surface area contributed by atoms with Crippen molar-refractivity contribution in [1.82, 2.24) is 10.6 Å². The van der Waals surface area contributed by atoms with Crippen LogP contribution >= 0.6 is 0 Å². The van der Waals surface area contributed by atoms with Gasteiger partial charge in [-0.05, 0) is 19.8 Å². The number of nitrogens with one attached hydrogen (secondary N) is 2. The normalized spacial score (nSPS) is 11.8. The lowest BCUT2D eigenvalue weighted by Gasteiger charge is -2.17. The molecular formula is C12H22N2O. The minimum Gasteiger partial charge on any atom is -0.352 e. The van der Waals surface area contributed by atoms with Gasteiger partial charge >= 0.3 is 0 Å². The van der Waals surface area contributed by atoms with Gasteiger partial charge in [0.2, 0.25) is 5.91 Å². The van der Waals surface area contributed by atoms with E-state index < -0.39 is 0 Å². The third-order valence-corrected chi connectivity index (χ3v) is 2.28. The van der Waals surface area contributed by atoms with E-state index in [-0.39, 0.29) is 11.9 Å². The van der Waals surface area contributed by atoms with Crippen LogP contribution in [0.25, 0.3) is 0 Å². The topological polar surface area (TPSA) is 41.1 Å². The van der Waals surface area contributed by atoms with Crippen molar-refractivity contribution < 1.29 is 4.79 Å². The Balaban J connectivity index is 3.52. The van der Waals surface area contributed by atoms with Crippen LogP contribution in [0, 0.1) is 17.8 Å². The minimum atomic E-state index is 0.0562. The molecule has 0 fully saturated rings. The van der Waals surface area contributed by atoms with Crippen LogP contribution in [0.4, 0.5) is 0 Å².